The maximum atomic E-state index is 15.2. The first-order valence-electron chi connectivity index (χ1n) is 15.0. The summed E-state index contributed by atoms with van der Waals surface area (Å²) in [5.74, 6) is -22.1. The van der Waals surface area contributed by atoms with E-state index in [1.165, 1.54) is 31.4 Å². The van der Waals surface area contributed by atoms with Crippen LogP contribution >= 0.6 is 34.8 Å². The van der Waals surface area contributed by atoms with Crippen LogP contribution in [0.4, 0.5) is 33.3 Å². The second-order valence-corrected chi connectivity index (χ2v) is 14.2. The molecule has 50 heavy (non-hydrogen) atoms. The highest BCUT2D eigenvalue weighted by Gasteiger charge is 2.77. The number of methoxy groups -OCH3 is 1. The van der Waals surface area contributed by atoms with Crippen LogP contribution in [-0.2, 0) is 19.2 Å². The minimum atomic E-state index is -2.74. The molecule has 3 fully saturated rings. The van der Waals surface area contributed by atoms with E-state index in [1.54, 1.807) is 19.1 Å². The van der Waals surface area contributed by atoms with Crippen LogP contribution in [0.3, 0.4) is 0 Å². The van der Waals surface area contributed by atoms with E-state index in [-0.39, 0.29) is 44.7 Å². The summed E-state index contributed by atoms with van der Waals surface area (Å²) in [6.07, 6.45) is 0.832. The number of phenolic OH excluding ortho intramolecular Hbond substituents is 1. The van der Waals surface area contributed by atoms with Gasteiger partial charge in [0, 0.05) is 22.6 Å². The summed E-state index contributed by atoms with van der Waals surface area (Å²) in [5.41, 5.74) is -0.771. The molecule has 2 aliphatic carbocycles. The lowest BCUT2D eigenvalue weighted by Crippen LogP contribution is -2.60. The molecule has 7 rings (SSSR count). The number of anilines is 2. The summed E-state index contributed by atoms with van der Waals surface area (Å²) >= 11 is 20.6. The maximum Gasteiger partial charge on any atom is 0.258 e. The van der Waals surface area contributed by atoms with Crippen LogP contribution in [0.25, 0.3) is 0 Å². The molecule has 3 aromatic rings. The third-order valence-corrected chi connectivity index (χ3v) is 12.0. The molecule has 1 N–H and O–H groups in total. The van der Waals surface area contributed by atoms with Crippen LogP contribution in [0, 0.1) is 53.8 Å². The lowest BCUT2D eigenvalue weighted by atomic mass is 9.56. The smallest absolute Gasteiger partial charge is 0.258 e. The van der Waals surface area contributed by atoms with Crippen molar-refractivity contribution < 1.29 is 51.0 Å². The largest absolute Gasteiger partial charge is 0.508 e. The van der Waals surface area contributed by atoms with E-state index in [9.17, 15) is 37.5 Å². The summed E-state index contributed by atoms with van der Waals surface area (Å²) in [7, 11) is 1.21. The summed E-state index contributed by atoms with van der Waals surface area (Å²) in [4.78, 5) is 52.0. The Morgan fingerprint density at radius 1 is 0.840 bits per heavy atom. The zero-order chi connectivity index (χ0) is 36.4. The number of hydrogen-bond donors (Lipinski definition) is 1. The number of rotatable bonds is 4. The number of allylic oxidation sites excluding steroid dienone is 2. The molecular formula is C34H22Cl3F5N2O6. The summed E-state index contributed by atoms with van der Waals surface area (Å²) in [5, 5.41) is 10.5. The van der Waals surface area contributed by atoms with E-state index in [0.717, 1.165) is 11.0 Å². The molecule has 2 saturated heterocycles. The number of hydrogen-bond acceptors (Lipinski definition) is 6. The number of alkyl halides is 2. The molecule has 260 valence electrons. The molecule has 0 bridgehead atoms. The van der Waals surface area contributed by atoms with Gasteiger partial charge in [-0.15, -0.1) is 23.2 Å². The van der Waals surface area contributed by atoms with Crippen molar-refractivity contribution in [3.05, 3.63) is 93.3 Å². The average Bonchev–Trinajstić information content (AvgIpc) is 3.42. The van der Waals surface area contributed by atoms with E-state index < -0.39 is 98.2 Å². The molecule has 6 atom stereocenters. The Kier molecular flexibility index (Phi) is 7.82. The lowest BCUT2D eigenvalue weighted by Gasteiger charge is -2.50. The highest BCUT2D eigenvalue weighted by Crippen LogP contribution is 2.67. The predicted octanol–water partition coefficient (Wildman–Crippen LogP) is 6.83. The third kappa shape index (κ3) is 4.29. The van der Waals surface area contributed by atoms with Crippen molar-refractivity contribution in [1.29, 1.82) is 0 Å². The van der Waals surface area contributed by atoms with Crippen LogP contribution in [0.15, 0.2) is 48.0 Å². The molecule has 2 heterocycles. The van der Waals surface area contributed by atoms with Gasteiger partial charge >= 0.3 is 0 Å². The second kappa shape index (κ2) is 11.4. The minimum absolute atomic E-state index is 0.0269. The van der Waals surface area contributed by atoms with Crippen LogP contribution in [0.1, 0.15) is 29.9 Å². The normalized spacial score (nSPS) is 28.9. The molecule has 0 radical (unpaired) electrons. The summed E-state index contributed by atoms with van der Waals surface area (Å²) < 4.78 is 78.8. The number of phenols is 1. The first-order chi connectivity index (χ1) is 23.5. The van der Waals surface area contributed by atoms with E-state index in [2.05, 4.69) is 0 Å². The highest BCUT2D eigenvalue weighted by molar-refractivity contribution is 6.58. The Bertz CT molecular complexity index is 2100. The second-order valence-electron chi connectivity index (χ2n) is 12.6. The maximum absolute atomic E-state index is 15.2. The van der Waals surface area contributed by atoms with Gasteiger partial charge in [-0.05, 0) is 49.4 Å². The molecular weight excluding hydrogens is 734 g/mol. The number of aromatic hydroxyl groups is 1. The number of ether oxygens (including phenoxy) is 1. The van der Waals surface area contributed by atoms with Gasteiger partial charge in [-0.1, -0.05) is 35.4 Å². The molecule has 0 aromatic heterocycles. The lowest BCUT2D eigenvalue weighted by molar-refractivity contribution is -0.125. The fourth-order valence-electron chi connectivity index (χ4n) is 7.83. The fourth-order valence-corrected chi connectivity index (χ4v) is 8.93. The van der Waals surface area contributed by atoms with Crippen LogP contribution in [0.2, 0.25) is 5.02 Å². The summed E-state index contributed by atoms with van der Waals surface area (Å²) in [6.45, 7) is 1.73. The molecule has 16 heteroatoms. The Hall–Kier alpha value is -4.20. The topological polar surface area (TPSA) is 104 Å². The number of carbonyl (C=O) groups is 4. The predicted molar refractivity (Wildman–Crippen MR) is 170 cm³/mol. The SMILES string of the molecule is COc1cc(O)ccc1C1C2=CCC3C(=O)N(c4ccc(C)c(Cl)c4)C(=O)C3C2CC2(Cl)C(=O)N(c3c(F)c(F)c(F)c(F)c3F)C(=O)C12Cl. The van der Waals surface area contributed by atoms with E-state index in [0.29, 0.717) is 5.56 Å². The third-order valence-electron chi connectivity index (χ3n) is 10.2. The quantitative estimate of drug-likeness (QED) is 0.0783. The summed E-state index contributed by atoms with van der Waals surface area (Å²) in [6, 6.07) is 8.22. The molecule has 4 amide bonds. The van der Waals surface area contributed by atoms with Gasteiger partial charge in [-0.25, -0.2) is 31.8 Å². The van der Waals surface area contributed by atoms with Gasteiger partial charge < -0.3 is 9.84 Å². The van der Waals surface area contributed by atoms with Gasteiger partial charge in [0.25, 0.3) is 11.8 Å². The standard InChI is InChI=1S/C34H22Cl3F5N2O6/c1-12-3-4-13(9-19(12)35)43-29(46)17-8-7-15-18(21(17)30(43)47)11-33(36)31(48)44(28-26(41)24(39)23(38)25(40)27(28)42)32(49)34(33,37)22(15)16-6-5-14(45)10-20(16)50-2/h3-7,9-10,17-18,21-22,45H,8,11H2,1-2H3. The molecule has 6 unspecified atom stereocenters. The molecule has 2 aliphatic heterocycles. The molecule has 0 spiro atoms. The van der Waals surface area contributed by atoms with E-state index >= 15 is 8.78 Å². The van der Waals surface area contributed by atoms with Gasteiger partial charge in [0.2, 0.25) is 17.6 Å². The van der Waals surface area contributed by atoms with Gasteiger partial charge in [-0.2, -0.15) is 0 Å². The first kappa shape index (κ1) is 34.3. The highest BCUT2D eigenvalue weighted by atomic mass is 35.5. The Labute approximate surface area is 294 Å². The Balaban J connectivity index is 1.45. The zero-order valence-corrected chi connectivity index (χ0v) is 27.9. The number of nitrogens with zero attached hydrogens (tertiary/aromatic N) is 2. The number of aryl methyl sites for hydroxylation is 1. The zero-order valence-electron chi connectivity index (χ0n) is 25.7. The number of amides is 4. The Morgan fingerprint density at radius 3 is 2.10 bits per heavy atom. The number of halogens is 8. The van der Waals surface area contributed by atoms with Crippen LogP contribution < -0.4 is 14.5 Å². The van der Waals surface area contributed by atoms with Crippen molar-refractivity contribution >= 4 is 69.8 Å². The first-order valence-corrected chi connectivity index (χ1v) is 16.1. The van der Waals surface area contributed by atoms with Crippen LogP contribution in [0.5, 0.6) is 11.5 Å². The fraction of sp³-hybridized carbons (Fsp3) is 0.294. The van der Waals surface area contributed by atoms with Gasteiger partial charge in [-0.3, -0.25) is 19.2 Å². The number of fused-ring (bicyclic) bond motifs is 4. The van der Waals surface area contributed by atoms with E-state index in [1.807, 2.05) is 0 Å². The van der Waals surface area contributed by atoms with Crippen molar-refractivity contribution in [2.75, 3.05) is 16.9 Å². The van der Waals surface area contributed by atoms with Gasteiger partial charge in [0.15, 0.2) is 33.0 Å². The van der Waals surface area contributed by atoms with E-state index in [4.69, 9.17) is 39.5 Å². The number of carbonyl (C=O) groups excluding carboxylic acids is 4. The average molecular weight is 756 g/mol. The minimum Gasteiger partial charge on any atom is -0.508 e. The van der Waals surface area contributed by atoms with Gasteiger partial charge in [0.1, 0.15) is 17.2 Å². The van der Waals surface area contributed by atoms with Crippen molar-refractivity contribution in [3.63, 3.8) is 0 Å². The van der Waals surface area contributed by atoms with Crippen molar-refractivity contribution in [2.24, 2.45) is 17.8 Å². The van der Waals surface area contributed by atoms with Crippen molar-refractivity contribution in [3.8, 4) is 11.5 Å². The van der Waals surface area contributed by atoms with Crippen LogP contribution in [-0.4, -0.2) is 45.6 Å². The monoisotopic (exact) mass is 754 g/mol. The van der Waals surface area contributed by atoms with Crippen molar-refractivity contribution in [1.82, 2.24) is 0 Å². The molecule has 1 saturated carbocycles. The number of benzene rings is 3. The molecule has 4 aliphatic rings. The molecule has 3 aromatic carbocycles. The molecule has 8 nitrogen and oxygen atoms in total. The Morgan fingerprint density at radius 2 is 1.48 bits per heavy atom. The van der Waals surface area contributed by atoms with Crippen molar-refractivity contribution in [2.45, 2.75) is 35.4 Å². The van der Waals surface area contributed by atoms with Gasteiger partial charge in [0.05, 0.1) is 24.6 Å². The number of imide groups is 2.